The number of benzene rings is 1. The molecule has 0 aromatic heterocycles. The Labute approximate surface area is 168 Å². The molecular weight excluding hydrogens is 330 g/mol. The molecule has 2 rings (SSSR count). The molecule has 2 heteroatoms. The molecule has 0 amide bonds. The molecular formula is C25H43NO. The summed E-state index contributed by atoms with van der Waals surface area (Å²) in [7, 11) is 0. The van der Waals surface area contributed by atoms with E-state index in [2.05, 4.69) is 36.1 Å². The molecule has 0 spiro atoms. The minimum atomic E-state index is -0.0636. The summed E-state index contributed by atoms with van der Waals surface area (Å²) in [5.74, 6) is 0. The van der Waals surface area contributed by atoms with Gasteiger partial charge in [-0.25, -0.2) is 0 Å². The van der Waals surface area contributed by atoms with Gasteiger partial charge in [-0.05, 0) is 43.2 Å². The molecule has 0 aliphatic carbocycles. The van der Waals surface area contributed by atoms with Gasteiger partial charge in [-0.1, -0.05) is 89.0 Å². The molecule has 1 N–H and O–H groups in total. The summed E-state index contributed by atoms with van der Waals surface area (Å²) in [6.45, 7) is 5.52. The Morgan fingerprint density at radius 2 is 1.22 bits per heavy atom. The summed E-state index contributed by atoms with van der Waals surface area (Å²) in [5.41, 5.74) is 2.95. The van der Waals surface area contributed by atoms with Gasteiger partial charge in [0.15, 0.2) is 0 Å². The Bertz CT molecular complexity index is 462. The van der Waals surface area contributed by atoms with E-state index < -0.39 is 0 Å². The van der Waals surface area contributed by atoms with Crippen molar-refractivity contribution in [3.63, 3.8) is 0 Å². The molecule has 1 fully saturated rings. The van der Waals surface area contributed by atoms with Crippen LogP contribution in [-0.2, 0) is 12.8 Å². The Kier molecular flexibility index (Phi) is 11.8. The van der Waals surface area contributed by atoms with Gasteiger partial charge < -0.3 is 10.0 Å². The summed E-state index contributed by atoms with van der Waals surface area (Å²) in [6, 6.07) is 9.32. The molecule has 1 aromatic rings. The van der Waals surface area contributed by atoms with Crippen molar-refractivity contribution in [3.8, 4) is 0 Å². The topological polar surface area (TPSA) is 23.5 Å². The molecule has 1 aromatic carbocycles. The molecule has 0 atom stereocenters. The normalized spacial score (nSPS) is 16.1. The average Bonchev–Trinajstić information content (AvgIpc) is 2.70. The van der Waals surface area contributed by atoms with Crippen LogP contribution < -0.4 is 0 Å². The zero-order valence-corrected chi connectivity index (χ0v) is 17.8. The highest BCUT2D eigenvalue weighted by Crippen LogP contribution is 2.14. The summed E-state index contributed by atoms with van der Waals surface area (Å²) in [4.78, 5) is 2.49. The van der Waals surface area contributed by atoms with Gasteiger partial charge in [0.05, 0.1) is 6.10 Å². The van der Waals surface area contributed by atoms with E-state index in [-0.39, 0.29) is 6.10 Å². The maximum atomic E-state index is 9.59. The van der Waals surface area contributed by atoms with Gasteiger partial charge in [0.1, 0.15) is 0 Å². The minimum absolute atomic E-state index is 0.0636. The van der Waals surface area contributed by atoms with Crippen LogP contribution in [0.5, 0.6) is 0 Å². The van der Waals surface area contributed by atoms with Gasteiger partial charge in [-0.15, -0.1) is 0 Å². The molecule has 2 nitrogen and oxygen atoms in total. The minimum Gasteiger partial charge on any atom is -0.393 e. The monoisotopic (exact) mass is 373 g/mol. The molecule has 0 radical (unpaired) electrons. The zero-order chi connectivity index (χ0) is 19.2. The first-order chi connectivity index (χ1) is 13.3. The number of hydrogen-bond donors (Lipinski definition) is 1. The number of unbranched alkanes of at least 4 members (excludes halogenated alkanes) is 9. The van der Waals surface area contributed by atoms with Crippen LogP contribution >= 0.6 is 0 Å². The fourth-order valence-corrected chi connectivity index (χ4v) is 4.12. The number of nitrogens with zero attached hydrogens (tertiary/aromatic N) is 1. The van der Waals surface area contributed by atoms with E-state index in [4.69, 9.17) is 0 Å². The van der Waals surface area contributed by atoms with Gasteiger partial charge in [0.2, 0.25) is 0 Å². The maximum Gasteiger partial charge on any atom is 0.0564 e. The Balaban J connectivity index is 1.48. The predicted octanol–water partition coefficient (Wildman–Crippen LogP) is 6.15. The Morgan fingerprint density at radius 1 is 0.741 bits per heavy atom. The van der Waals surface area contributed by atoms with E-state index in [0.717, 1.165) is 38.9 Å². The van der Waals surface area contributed by atoms with Crippen molar-refractivity contribution in [3.05, 3.63) is 35.4 Å². The van der Waals surface area contributed by atoms with Crippen molar-refractivity contribution in [1.82, 2.24) is 4.90 Å². The largest absolute Gasteiger partial charge is 0.393 e. The third-order valence-corrected chi connectivity index (χ3v) is 6.12. The second kappa shape index (κ2) is 14.2. The van der Waals surface area contributed by atoms with Crippen molar-refractivity contribution in [1.29, 1.82) is 0 Å². The van der Waals surface area contributed by atoms with Crippen LogP contribution in [0.4, 0.5) is 0 Å². The van der Waals surface area contributed by atoms with Crippen LogP contribution in [0.2, 0.25) is 0 Å². The van der Waals surface area contributed by atoms with Crippen LogP contribution in [0.25, 0.3) is 0 Å². The highest BCUT2D eigenvalue weighted by molar-refractivity contribution is 5.22. The smallest absolute Gasteiger partial charge is 0.0564 e. The molecule has 1 heterocycles. The van der Waals surface area contributed by atoms with E-state index in [1.165, 1.54) is 81.8 Å². The molecule has 0 unspecified atom stereocenters. The lowest BCUT2D eigenvalue weighted by Crippen LogP contribution is -2.37. The van der Waals surface area contributed by atoms with Gasteiger partial charge in [-0.3, -0.25) is 0 Å². The van der Waals surface area contributed by atoms with E-state index >= 15 is 0 Å². The van der Waals surface area contributed by atoms with E-state index in [1.807, 2.05) is 0 Å². The van der Waals surface area contributed by atoms with E-state index in [0.29, 0.717) is 0 Å². The van der Waals surface area contributed by atoms with Crippen LogP contribution in [0.15, 0.2) is 24.3 Å². The quantitative estimate of drug-likeness (QED) is 0.395. The van der Waals surface area contributed by atoms with Crippen LogP contribution in [0.3, 0.4) is 0 Å². The van der Waals surface area contributed by atoms with Crippen molar-refractivity contribution in [2.75, 3.05) is 19.6 Å². The summed E-state index contributed by atoms with van der Waals surface area (Å²) < 4.78 is 0. The first kappa shape index (κ1) is 22.4. The molecule has 1 aliphatic heterocycles. The van der Waals surface area contributed by atoms with Crippen molar-refractivity contribution in [2.24, 2.45) is 0 Å². The number of likely N-dealkylation sites (tertiary alicyclic amines) is 1. The number of aliphatic hydroxyl groups is 1. The van der Waals surface area contributed by atoms with E-state index in [1.54, 1.807) is 0 Å². The van der Waals surface area contributed by atoms with E-state index in [9.17, 15) is 5.11 Å². The summed E-state index contributed by atoms with van der Waals surface area (Å²) in [6.07, 6.45) is 18.3. The number of rotatable bonds is 14. The SMILES string of the molecule is CCCCCCCCCCCCc1ccc(CCN2CCC(O)CC2)cc1. The average molecular weight is 374 g/mol. The summed E-state index contributed by atoms with van der Waals surface area (Å²) in [5, 5.41) is 9.59. The lowest BCUT2D eigenvalue weighted by Gasteiger charge is -2.29. The number of aryl methyl sites for hydroxylation is 1. The molecule has 1 saturated heterocycles. The fraction of sp³-hybridized carbons (Fsp3) is 0.760. The first-order valence-corrected chi connectivity index (χ1v) is 11.8. The standard InChI is InChI=1S/C25H43NO/c1-2-3-4-5-6-7-8-9-10-11-12-23-13-15-24(16-14-23)17-20-26-21-18-25(27)19-22-26/h13-16,25,27H,2-12,17-22H2,1H3. The van der Waals surface area contributed by atoms with Gasteiger partial charge in [0, 0.05) is 19.6 Å². The highest BCUT2D eigenvalue weighted by Gasteiger charge is 2.16. The lowest BCUT2D eigenvalue weighted by atomic mass is 10.0. The van der Waals surface area contributed by atoms with Gasteiger partial charge >= 0.3 is 0 Å². The molecule has 1 aliphatic rings. The van der Waals surface area contributed by atoms with Crippen molar-refractivity contribution < 1.29 is 5.11 Å². The van der Waals surface area contributed by atoms with Crippen molar-refractivity contribution >= 4 is 0 Å². The Morgan fingerprint density at radius 3 is 1.78 bits per heavy atom. The van der Waals surface area contributed by atoms with Crippen LogP contribution in [0, 0.1) is 0 Å². The van der Waals surface area contributed by atoms with Crippen LogP contribution in [0.1, 0.15) is 95.1 Å². The number of piperidine rings is 1. The zero-order valence-electron chi connectivity index (χ0n) is 17.8. The van der Waals surface area contributed by atoms with Gasteiger partial charge in [-0.2, -0.15) is 0 Å². The van der Waals surface area contributed by atoms with Crippen LogP contribution in [-0.4, -0.2) is 35.7 Å². The number of aliphatic hydroxyl groups excluding tert-OH is 1. The Hall–Kier alpha value is -0.860. The third kappa shape index (κ3) is 10.3. The van der Waals surface area contributed by atoms with Gasteiger partial charge in [0.25, 0.3) is 0 Å². The molecule has 0 bridgehead atoms. The first-order valence-electron chi connectivity index (χ1n) is 11.8. The maximum absolute atomic E-state index is 9.59. The fourth-order valence-electron chi connectivity index (χ4n) is 4.12. The molecule has 27 heavy (non-hydrogen) atoms. The molecule has 154 valence electrons. The van der Waals surface area contributed by atoms with Crippen molar-refractivity contribution in [2.45, 2.75) is 103 Å². The highest BCUT2D eigenvalue weighted by atomic mass is 16.3. The predicted molar refractivity (Wildman–Crippen MR) is 117 cm³/mol. The third-order valence-electron chi connectivity index (χ3n) is 6.12. The lowest BCUT2D eigenvalue weighted by molar-refractivity contribution is 0.0832. The second-order valence-electron chi connectivity index (χ2n) is 8.57. The second-order valence-corrected chi connectivity index (χ2v) is 8.57. The summed E-state index contributed by atoms with van der Waals surface area (Å²) >= 11 is 0. The number of hydrogen-bond acceptors (Lipinski definition) is 2. The molecule has 0 saturated carbocycles.